The summed E-state index contributed by atoms with van der Waals surface area (Å²) in [6, 6.07) is 13.2. The molecule has 7 heteroatoms. The average molecular weight is 412 g/mol. The lowest BCUT2D eigenvalue weighted by atomic mass is 9.93. The van der Waals surface area contributed by atoms with E-state index >= 15 is 4.39 Å². The fraction of sp³-hybridized carbons (Fsp3) is 0.391. The predicted molar refractivity (Wildman–Crippen MR) is 113 cm³/mol. The second-order valence-corrected chi connectivity index (χ2v) is 7.75. The van der Waals surface area contributed by atoms with E-state index in [4.69, 9.17) is 0 Å². The number of nitrogens with zero attached hydrogens (tertiary/aromatic N) is 5. The van der Waals surface area contributed by atoms with Crippen LogP contribution in [0.3, 0.4) is 0 Å². The second-order valence-electron chi connectivity index (χ2n) is 7.75. The van der Waals surface area contributed by atoms with Gasteiger partial charge in [-0.1, -0.05) is 49.4 Å². The number of fused-ring (bicyclic) bond motifs is 1. The maximum absolute atomic E-state index is 15.4. The molecule has 2 heterocycles. The first-order valence-electron chi connectivity index (χ1n) is 10.5. The van der Waals surface area contributed by atoms with Gasteiger partial charge in [0.1, 0.15) is 17.5 Å². The van der Waals surface area contributed by atoms with Crippen molar-refractivity contribution in [1.29, 1.82) is 0 Å². The highest BCUT2D eigenvalue weighted by Gasteiger charge is 2.32. The van der Waals surface area contributed by atoms with Crippen molar-refractivity contribution < 1.29 is 8.87 Å². The molecule has 0 amide bonds. The zero-order valence-electron chi connectivity index (χ0n) is 17.6. The van der Waals surface area contributed by atoms with E-state index in [0.29, 0.717) is 42.4 Å². The van der Waals surface area contributed by atoms with E-state index in [9.17, 15) is 4.48 Å². The fourth-order valence-corrected chi connectivity index (χ4v) is 4.26. The van der Waals surface area contributed by atoms with Crippen molar-refractivity contribution in [2.45, 2.75) is 52.1 Å². The molecule has 158 valence electrons. The van der Waals surface area contributed by atoms with Crippen LogP contribution in [0.25, 0.3) is 0 Å². The minimum absolute atomic E-state index is 0.111. The first kappa shape index (κ1) is 20.5. The minimum atomic E-state index is -0.286. The standard InChI is InChI=1S/C23H27F2N5/c1-4-16-11-19(24)23(18-13-22-27-26-21(5-2)29(22)15-18)20(12-16)30(28(3)25)14-17-9-7-6-8-10-17/h6-12,18H,4-5,13-15H2,1-3H3. The molecule has 5 nitrogen and oxygen atoms in total. The quantitative estimate of drug-likeness (QED) is 0.420. The van der Waals surface area contributed by atoms with E-state index in [-0.39, 0.29) is 11.7 Å². The van der Waals surface area contributed by atoms with Crippen LogP contribution in [-0.4, -0.2) is 27.0 Å². The summed E-state index contributed by atoms with van der Waals surface area (Å²) in [5.41, 5.74) is 2.91. The van der Waals surface area contributed by atoms with Crippen LogP contribution in [0.5, 0.6) is 0 Å². The van der Waals surface area contributed by atoms with Gasteiger partial charge in [-0.2, -0.15) is 0 Å². The highest BCUT2D eigenvalue weighted by Crippen LogP contribution is 2.39. The highest BCUT2D eigenvalue weighted by molar-refractivity contribution is 5.58. The van der Waals surface area contributed by atoms with Gasteiger partial charge in [0.15, 0.2) is 0 Å². The van der Waals surface area contributed by atoms with Gasteiger partial charge < -0.3 is 4.57 Å². The van der Waals surface area contributed by atoms with Crippen LogP contribution in [0.2, 0.25) is 0 Å². The van der Waals surface area contributed by atoms with Crippen LogP contribution in [0.1, 0.15) is 48.1 Å². The molecular weight excluding hydrogens is 384 g/mol. The molecule has 2 aromatic carbocycles. The van der Waals surface area contributed by atoms with E-state index in [1.807, 2.05) is 50.2 Å². The molecule has 1 aliphatic heterocycles. The van der Waals surface area contributed by atoms with Gasteiger partial charge in [0, 0.05) is 37.9 Å². The number of hydrogen-bond donors (Lipinski definition) is 0. The second kappa shape index (κ2) is 8.52. The third-order valence-electron chi connectivity index (χ3n) is 5.82. The normalized spacial score (nSPS) is 15.6. The molecule has 0 aliphatic carbocycles. The van der Waals surface area contributed by atoms with Gasteiger partial charge in [0.25, 0.3) is 0 Å². The Morgan fingerprint density at radius 1 is 1.07 bits per heavy atom. The van der Waals surface area contributed by atoms with Crippen LogP contribution in [-0.2, 0) is 32.4 Å². The summed E-state index contributed by atoms with van der Waals surface area (Å²) >= 11 is 0. The number of aryl methyl sites for hydroxylation is 2. The van der Waals surface area contributed by atoms with Crippen molar-refractivity contribution in [2.75, 3.05) is 12.1 Å². The smallest absolute Gasteiger partial charge is 0.133 e. The molecule has 1 unspecified atom stereocenters. The molecule has 0 fully saturated rings. The lowest BCUT2D eigenvalue weighted by Crippen LogP contribution is -2.35. The molecule has 1 aromatic heterocycles. The molecule has 30 heavy (non-hydrogen) atoms. The first-order chi connectivity index (χ1) is 14.5. The van der Waals surface area contributed by atoms with Gasteiger partial charge in [0.05, 0.1) is 12.2 Å². The van der Waals surface area contributed by atoms with E-state index in [0.717, 1.165) is 29.2 Å². The molecule has 0 spiro atoms. The largest absolute Gasteiger partial charge is 0.314 e. The lowest BCUT2D eigenvalue weighted by Gasteiger charge is -2.31. The van der Waals surface area contributed by atoms with Crippen molar-refractivity contribution in [2.24, 2.45) is 0 Å². The number of hydrazine groups is 1. The van der Waals surface area contributed by atoms with E-state index in [1.165, 1.54) is 12.1 Å². The SMILES string of the molecule is CCc1cc(F)c(C2Cc3nnc(CC)n3C2)c(N(Cc2ccccc2)N(C)F)c1. The number of hydrogen-bond acceptors (Lipinski definition) is 4. The van der Waals surface area contributed by atoms with E-state index in [2.05, 4.69) is 14.8 Å². The summed E-state index contributed by atoms with van der Waals surface area (Å²) in [5.74, 6) is 1.37. The zero-order valence-corrected chi connectivity index (χ0v) is 17.6. The molecule has 4 rings (SSSR count). The van der Waals surface area contributed by atoms with Crippen molar-refractivity contribution in [1.82, 2.24) is 20.0 Å². The van der Waals surface area contributed by atoms with Crippen LogP contribution in [0.15, 0.2) is 42.5 Å². The van der Waals surface area contributed by atoms with Crippen molar-refractivity contribution in [3.05, 3.63) is 76.6 Å². The third-order valence-corrected chi connectivity index (χ3v) is 5.82. The summed E-state index contributed by atoms with van der Waals surface area (Å²) < 4.78 is 32.2. The van der Waals surface area contributed by atoms with Crippen LogP contribution in [0, 0.1) is 5.82 Å². The fourth-order valence-electron chi connectivity index (χ4n) is 4.26. The van der Waals surface area contributed by atoms with Crippen LogP contribution in [0.4, 0.5) is 14.6 Å². The summed E-state index contributed by atoms with van der Waals surface area (Å²) in [6.07, 6.45) is 2.05. The number of benzene rings is 2. The summed E-state index contributed by atoms with van der Waals surface area (Å²) in [7, 11) is 1.35. The van der Waals surface area contributed by atoms with Gasteiger partial charge in [0.2, 0.25) is 0 Å². The Hall–Kier alpha value is -2.80. The molecular formula is C23H27F2N5. The Balaban J connectivity index is 1.76. The Morgan fingerprint density at radius 2 is 1.83 bits per heavy atom. The molecule has 0 saturated heterocycles. The highest BCUT2D eigenvalue weighted by atomic mass is 19.2. The Kier molecular flexibility index (Phi) is 5.81. The molecule has 1 aliphatic rings. The minimum Gasteiger partial charge on any atom is -0.314 e. The van der Waals surface area contributed by atoms with E-state index < -0.39 is 0 Å². The first-order valence-corrected chi connectivity index (χ1v) is 10.5. The van der Waals surface area contributed by atoms with Crippen LogP contribution < -0.4 is 5.01 Å². The summed E-state index contributed by atoms with van der Waals surface area (Å²) in [5, 5.41) is 10.6. The Labute approximate surface area is 175 Å². The molecule has 1 atom stereocenters. The average Bonchev–Trinajstić information content (AvgIpc) is 3.32. The summed E-state index contributed by atoms with van der Waals surface area (Å²) in [4.78, 5) is 0. The van der Waals surface area contributed by atoms with Crippen molar-refractivity contribution >= 4 is 5.69 Å². The van der Waals surface area contributed by atoms with Crippen molar-refractivity contribution in [3.63, 3.8) is 0 Å². The lowest BCUT2D eigenvalue weighted by molar-refractivity contribution is 0.0409. The van der Waals surface area contributed by atoms with Crippen molar-refractivity contribution in [3.8, 4) is 0 Å². The van der Waals surface area contributed by atoms with Gasteiger partial charge in [-0.25, -0.2) is 4.39 Å². The van der Waals surface area contributed by atoms with Gasteiger partial charge in [-0.15, -0.1) is 14.7 Å². The number of anilines is 1. The van der Waals surface area contributed by atoms with Gasteiger partial charge >= 0.3 is 0 Å². The number of rotatable bonds is 7. The number of aromatic nitrogens is 3. The molecule has 0 N–H and O–H groups in total. The van der Waals surface area contributed by atoms with Crippen LogP contribution >= 0.6 is 0 Å². The molecule has 3 aromatic rings. The third kappa shape index (κ3) is 3.81. The zero-order chi connectivity index (χ0) is 21.3. The topological polar surface area (TPSA) is 37.2 Å². The molecule has 0 radical (unpaired) electrons. The van der Waals surface area contributed by atoms with E-state index in [1.54, 1.807) is 6.07 Å². The van der Waals surface area contributed by atoms with Gasteiger partial charge in [-0.3, -0.25) is 5.01 Å². The Morgan fingerprint density at radius 3 is 2.50 bits per heavy atom. The van der Waals surface area contributed by atoms with Gasteiger partial charge in [-0.05, 0) is 29.7 Å². The predicted octanol–water partition coefficient (Wildman–Crippen LogP) is 4.62. The molecule has 0 bridgehead atoms. The maximum atomic E-state index is 15.4. The monoisotopic (exact) mass is 411 g/mol. The number of halogens is 2. The molecule has 0 saturated carbocycles. The summed E-state index contributed by atoms with van der Waals surface area (Å²) in [6.45, 7) is 4.93. The Bertz CT molecular complexity index is 1020. The maximum Gasteiger partial charge on any atom is 0.133 e.